The van der Waals surface area contributed by atoms with Crippen molar-refractivity contribution in [1.82, 2.24) is 14.5 Å². The first-order chi connectivity index (χ1) is 16.2. The molecule has 184 valence electrons. The first-order valence-corrected chi connectivity index (χ1v) is 12.6. The van der Waals surface area contributed by atoms with Crippen molar-refractivity contribution in [3.05, 3.63) is 59.4 Å². The van der Waals surface area contributed by atoms with Gasteiger partial charge < -0.3 is 15.0 Å². The Balaban J connectivity index is 1.38. The Morgan fingerprint density at radius 1 is 1.00 bits per heavy atom. The fourth-order valence-corrected chi connectivity index (χ4v) is 5.39. The summed E-state index contributed by atoms with van der Waals surface area (Å²) in [7, 11) is -3.62. The quantitative estimate of drug-likeness (QED) is 0.543. The van der Waals surface area contributed by atoms with Gasteiger partial charge in [-0.3, -0.25) is 9.59 Å². The van der Waals surface area contributed by atoms with Crippen LogP contribution >= 0.6 is 0 Å². The van der Waals surface area contributed by atoms with Crippen molar-refractivity contribution in [1.29, 1.82) is 0 Å². The number of carbonyl (C=O) groups is 2. The summed E-state index contributed by atoms with van der Waals surface area (Å²) < 4.78 is 45.7. The smallest absolute Gasteiger partial charge is 0.243 e. The van der Waals surface area contributed by atoms with Crippen molar-refractivity contribution < 1.29 is 27.1 Å². The van der Waals surface area contributed by atoms with E-state index in [2.05, 4.69) is 5.32 Å². The molecule has 2 aromatic rings. The predicted molar refractivity (Wildman–Crippen MR) is 125 cm³/mol. The maximum Gasteiger partial charge on any atom is 0.243 e. The molecular formula is C24H30FN3O5S. The third kappa shape index (κ3) is 6.77. The van der Waals surface area contributed by atoms with Crippen molar-refractivity contribution in [2.75, 3.05) is 39.3 Å². The second kappa shape index (κ2) is 11.4. The first-order valence-electron chi connectivity index (χ1n) is 11.2. The van der Waals surface area contributed by atoms with Gasteiger partial charge in [0.25, 0.3) is 0 Å². The molecule has 1 saturated heterocycles. The van der Waals surface area contributed by atoms with Crippen LogP contribution in [0.2, 0.25) is 0 Å². The van der Waals surface area contributed by atoms with E-state index >= 15 is 0 Å². The summed E-state index contributed by atoms with van der Waals surface area (Å²) in [6, 6.07) is 10.9. The Bertz CT molecular complexity index is 1110. The minimum Gasteiger partial charge on any atom is -0.492 e. The van der Waals surface area contributed by atoms with Gasteiger partial charge in [0.1, 0.15) is 18.2 Å². The molecule has 2 aromatic carbocycles. The zero-order valence-electron chi connectivity index (χ0n) is 19.4. The number of nitrogens with one attached hydrogen (secondary N) is 1. The van der Waals surface area contributed by atoms with Gasteiger partial charge in [0, 0.05) is 39.0 Å². The van der Waals surface area contributed by atoms with Crippen LogP contribution in [-0.4, -0.2) is 68.8 Å². The molecule has 0 bridgehead atoms. The Labute approximate surface area is 199 Å². The summed E-state index contributed by atoms with van der Waals surface area (Å²) in [6.45, 7) is 5.12. The highest BCUT2D eigenvalue weighted by Gasteiger charge is 2.31. The molecule has 2 amide bonds. The van der Waals surface area contributed by atoms with Crippen LogP contribution in [0.4, 0.5) is 4.39 Å². The zero-order chi connectivity index (χ0) is 24.7. The molecule has 1 aliphatic heterocycles. The fourth-order valence-electron chi connectivity index (χ4n) is 3.66. The number of rotatable bonds is 9. The van der Waals surface area contributed by atoms with Crippen LogP contribution in [0.25, 0.3) is 0 Å². The molecular weight excluding hydrogens is 461 g/mol. The van der Waals surface area contributed by atoms with Gasteiger partial charge in [-0.2, -0.15) is 4.31 Å². The van der Waals surface area contributed by atoms with Crippen LogP contribution < -0.4 is 10.1 Å². The number of benzene rings is 2. The maximum atomic E-state index is 13.0. The molecule has 0 spiro atoms. The highest BCUT2D eigenvalue weighted by Crippen LogP contribution is 2.22. The van der Waals surface area contributed by atoms with Crippen LogP contribution in [0.15, 0.2) is 47.4 Å². The fraction of sp³-hybridized carbons (Fsp3) is 0.417. The van der Waals surface area contributed by atoms with Crippen molar-refractivity contribution in [3.63, 3.8) is 0 Å². The lowest BCUT2D eigenvalue weighted by Gasteiger charge is -2.34. The molecule has 10 heteroatoms. The second-order valence-corrected chi connectivity index (χ2v) is 10.1. The minimum atomic E-state index is -3.62. The Morgan fingerprint density at radius 3 is 2.35 bits per heavy atom. The van der Waals surface area contributed by atoms with Gasteiger partial charge in [0.05, 0.1) is 11.4 Å². The topological polar surface area (TPSA) is 96.0 Å². The van der Waals surface area contributed by atoms with Crippen LogP contribution in [0.1, 0.15) is 24.0 Å². The number of nitrogens with zero attached hydrogens (tertiary/aromatic N) is 2. The number of halogens is 1. The van der Waals surface area contributed by atoms with Gasteiger partial charge in [0.2, 0.25) is 21.8 Å². The van der Waals surface area contributed by atoms with E-state index in [1.165, 1.54) is 28.6 Å². The van der Waals surface area contributed by atoms with E-state index in [0.29, 0.717) is 16.2 Å². The molecule has 0 atom stereocenters. The average Bonchev–Trinajstić information content (AvgIpc) is 2.83. The summed E-state index contributed by atoms with van der Waals surface area (Å²) in [5.41, 5.74) is 1.57. The van der Waals surface area contributed by atoms with Crippen LogP contribution in [0, 0.1) is 19.7 Å². The highest BCUT2D eigenvalue weighted by atomic mass is 32.2. The molecule has 0 aromatic heterocycles. The number of sulfonamides is 1. The average molecular weight is 492 g/mol. The van der Waals surface area contributed by atoms with Gasteiger partial charge in [-0.05, 0) is 55.3 Å². The summed E-state index contributed by atoms with van der Waals surface area (Å²) in [5, 5.41) is 2.68. The van der Waals surface area contributed by atoms with Crippen LogP contribution in [-0.2, 0) is 19.6 Å². The van der Waals surface area contributed by atoms with Gasteiger partial charge in [-0.1, -0.05) is 12.1 Å². The number of hydrogen-bond donors (Lipinski definition) is 1. The van der Waals surface area contributed by atoms with Crippen molar-refractivity contribution in [3.8, 4) is 5.75 Å². The molecule has 0 radical (unpaired) electrons. The molecule has 0 saturated carbocycles. The second-order valence-electron chi connectivity index (χ2n) is 8.21. The Hall–Kier alpha value is -2.98. The third-order valence-corrected chi connectivity index (χ3v) is 7.67. The van der Waals surface area contributed by atoms with Gasteiger partial charge >= 0.3 is 0 Å². The number of piperazine rings is 1. The standard InChI is InChI=1S/C24H30FN3O5S/c1-18-3-4-19(2)22(17-18)34(31,32)28-14-12-27(13-15-28)24(30)10-9-23(29)26-11-16-33-21-7-5-20(25)6-8-21/h3-8,17H,9-16H2,1-2H3,(H,26,29). The summed E-state index contributed by atoms with van der Waals surface area (Å²) in [5.74, 6) is -0.298. The first kappa shape index (κ1) is 25.6. The molecule has 0 aliphatic carbocycles. The van der Waals surface area contributed by atoms with Crippen LogP contribution in [0.5, 0.6) is 5.75 Å². The van der Waals surface area contributed by atoms with E-state index in [4.69, 9.17) is 4.74 Å². The molecule has 0 unspecified atom stereocenters. The number of carbonyl (C=O) groups excluding carboxylic acids is 2. The van der Waals surface area contributed by atoms with E-state index in [1.54, 1.807) is 24.0 Å². The molecule has 8 nitrogen and oxygen atoms in total. The van der Waals surface area contributed by atoms with E-state index in [0.717, 1.165) is 5.56 Å². The lowest BCUT2D eigenvalue weighted by molar-refractivity contribution is -0.134. The minimum absolute atomic E-state index is 0.0381. The van der Waals surface area contributed by atoms with E-state index in [-0.39, 0.29) is 69.8 Å². The summed E-state index contributed by atoms with van der Waals surface area (Å²) in [6.07, 6.45) is 0.0881. The SMILES string of the molecule is Cc1ccc(C)c(S(=O)(=O)N2CCN(C(=O)CCC(=O)NCCOc3ccc(F)cc3)CC2)c1. The number of hydrogen-bond acceptors (Lipinski definition) is 5. The molecule has 1 heterocycles. The van der Waals surface area contributed by atoms with E-state index in [9.17, 15) is 22.4 Å². The molecule has 1 fully saturated rings. The number of amides is 2. The van der Waals surface area contributed by atoms with Crippen molar-refractivity contribution >= 4 is 21.8 Å². The van der Waals surface area contributed by atoms with Gasteiger partial charge in [0.15, 0.2) is 0 Å². The van der Waals surface area contributed by atoms with Crippen molar-refractivity contribution in [2.24, 2.45) is 0 Å². The van der Waals surface area contributed by atoms with Crippen LogP contribution in [0.3, 0.4) is 0 Å². The monoisotopic (exact) mass is 491 g/mol. The maximum absolute atomic E-state index is 13.0. The molecule has 1 N–H and O–H groups in total. The lowest BCUT2D eigenvalue weighted by Crippen LogP contribution is -2.50. The summed E-state index contributed by atoms with van der Waals surface area (Å²) in [4.78, 5) is 26.4. The van der Waals surface area contributed by atoms with Gasteiger partial charge in [-0.15, -0.1) is 0 Å². The third-order valence-electron chi connectivity index (χ3n) is 5.63. The van der Waals surface area contributed by atoms with Crippen molar-refractivity contribution in [2.45, 2.75) is 31.6 Å². The largest absolute Gasteiger partial charge is 0.492 e. The molecule has 1 aliphatic rings. The molecule has 34 heavy (non-hydrogen) atoms. The summed E-state index contributed by atoms with van der Waals surface area (Å²) >= 11 is 0. The predicted octanol–water partition coefficient (Wildman–Crippen LogP) is 2.25. The highest BCUT2D eigenvalue weighted by molar-refractivity contribution is 7.89. The van der Waals surface area contributed by atoms with E-state index < -0.39 is 10.0 Å². The lowest BCUT2D eigenvalue weighted by atomic mass is 10.2. The molecule has 3 rings (SSSR count). The Kier molecular flexibility index (Phi) is 8.62. The van der Waals surface area contributed by atoms with E-state index in [1.807, 2.05) is 13.0 Å². The number of ether oxygens (including phenoxy) is 1. The normalized spacial score (nSPS) is 14.6. The number of aryl methyl sites for hydroxylation is 2. The zero-order valence-corrected chi connectivity index (χ0v) is 20.2. The van der Waals surface area contributed by atoms with Gasteiger partial charge in [-0.25, -0.2) is 12.8 Å². The Morgan fingerprint density at radius 2 is 1.68 bits per heavy atom.